The molecule has 3 rings (SSSR count). The van der Waals surface area contributed by atoms with E-state index in [0.29, 0.717) is 10.2 Å². The number of aliphatic hydroxyl groups is 1. The van der Waals surface area contributed by atoms with Crippen LogP contribution in [0.25, 0.3) is 11.0 Å². The molecule has 0 spiro atoms. The summed E-state index contributed by atoms with van der Waals surface area (Å²) in [6.45, 7) is 0.705. The minimum absolute atomic E-state index is 0.0604. The fraction of sp³-hybridized carbons (Fsp3) is 0.400. The number of phenolic OH excluding ortho intramolecular Hbond substituents is 2. The van der Waals surface area contributed by atoms with Gasteiger partial charge in [0.2, 0.25) is 16.3 Å². The minimum Gasteiger partial charge on any atom is -0.507 e. The van der Waals surface area contributed by atoms with Gasteiger partial charge in [-0.1, -0.05) is 0 Å². The number of likely N-dealkylation sites (tertiary alicyclic amines) is 1. The lowest BCUT2D eigenvalue weighted by Crippen LogP contribution is -2.32. The van der Waals surface area contributed by atoms with Crippen molar-refractivity contribution >= 4 is 31.9 Å². The van der Waals surface area contributed by atoms with Gasteiger partial charge in [-0.25, -0.2) is 0 Å². The number of likely N-dealkylation sites (N-methyl/N-ethyl adjacent to an activating group) is 1. The van der Waals surface area contributed by atoms with Crippen LogP contribution in [0.1, 0.15) is 17.9 Å². The summed E-state index contributed by atoms with van der Waals surface area (Å²) in [6.07, 6.45) is 0.722. The van der Waals surface area contributed by atoms with Gasteiger partial charge in [0.05, 0.1) is 6.61 Å². The van der Waals surface area contributed by atoms with E-state index in [1.165, 1.54) is 12.1 Å². The van der Waals surface area contributed by atoms with Crippen LogP contribution in [0.3, 0.4) is 0 Å². The molecule has 0 unspecified atom stereocenters. The van der Waals surface area contributed by atoms with Crippen molar-refractivity contribution in [2.24, 2.45) is 0 Å². The number of phenols is 2. The summed E-state index contributed by atoms with van der Waals surface area (Å²) < 4.78 is 5.95. The number of benzene rings is 1. The summed E-state index contributed by atoms with van der Waals surface area (Å²) in [6, 6.07) is 2.28. The molecule has 1 fully saturated rings. The highest BCUT2D eigenvalue weighted by molar-refractivity contribution is 6.30. The van der Waals surface area contributed by atoms with Crippen LogP contribution in [0.2, 0.25) is 0 Å². The van der Waals surface area contributed by atoms with Gasteiger partial charge in [0.15, 0.2) is 5.43 Å². The first-order chi connectivity index (χ1) is 10.4. The molecular weight excluding hydrogens is 301 g/mol. The molecule has 1 aliphatic rings. The first kappa shape index (κ1) is 15.4. The van der Waals surface area contributed by atoms with Crippen LogP contribution >= 0.6 is 0 Å². The number of fused-ring (bicyclic) bond motifs is 1. The van der Waals surface area contributed by atoms with Gasteiger partial charge in [0.25, 0.3) is 0 Å². The first-order valence-corrected chi connectivity index (χ1v) is 7.61. The Labute approximate surface area is 135 Å². The van der Waals surface area contributed by atoms with Crippen molar-refractivity contribution in [1.82, 2.24) is 4.90 Å². The van der Waals surface area contributed by atoms with Crippen LogP contribution in [0.15, 0.2) is 21.3 Å². The quantitative estimate of drug-likeness (QED) is 0.663. The second-order valence-corrected chi connectivity index (χ2v) is 6.24. The Kier molecular flexibility index (Phi) is 3.91. The molecule has 2 atom stereocenters. The third-order valence-corrected chi connectivity index (χ3v) is 4.68. The smallest absolute Gasteiger partial charge is 0.241 e. The molecule has 114 valence electrons. The zero-order valence-electron chi connectivity index (χ0n) is 12.1. The van der Waals surface area contributed by atoms with E-state index in [4.69, 9.17) is 4.42 Å². The summed E-state index contributed by atoms with van der Waals surface area (Å²) in [4.78, 5) is 14.1. The van der Waals surface area contributed by atoms with Crippen molar-refractivity contribution in [1.29, 1.82) is 0 Å². The molecule has 22 heavy (non-hydrogen) atoms. The van der Waals surface area contributed by atoms with Crippen LogP contribution in [0.4, 0.5) is 0 Å². The molecule has 1 aromatic carbocycles. The highest BCUT2D eigenvalue weighted by atomic mass is 27.0. The molecule has 0 bridgehead atoms. The maximum absolute atomic E-state index is 12.1. The summed E-state index contributed by atoms with van der Waals surface area (Å²) in [5.41, 5.74) is 0.295. The number of nitrogens with zero attached hydrogens (tertiary/aromatic N) is 1. The molecule has 2 radical (unpaired) electrons. The SMILES string of the molecule is CN1CC[C@@H](c2c(O)cc(O)c3c(=O)c[c]([Al])oc23)[C@@H]1CO. The average molecular weight is 317 g/mol. The summed E-state index contributed by atoms with van der Waals surface area (Å²) >= 11 is 2.31. The third-order valence-electron chi connectivity index (χ3n) is 4.40. The molecule has 2 aromatic rings. The summed E-state index contributed by atoms with van der Waals surface area (Å²) in [5, 5.41) is 30.0. The van der Waals surface area contributed by atoms with Gasteiger partial charge in [0, 0.05) is 29.7 Å². The van der Waals surface area contributed by atoms with E-state index in [1.54, 1.807) is 0 Å². The van der Waals surface area contributed by atoms with E-state index in [1.807, 2.05) is 11.9 Å². The molecule has 1 aliphatic heterocycles. The molecule has 6 nitrogen and oxygen atoms in total. The van der Waals surface area contributed by atoms with Crippen molar-refractivity contribution in [2.45, 2.75) is 18.4 Å². The first-order valence-electron chi connectivity index (χ1n) is 7.03. The van der Waals surface area contributed by atoms with Crippen molar-refractivity contribution < 1.29 is 19.7 Å². The lowest BCUT2D eigenvalue weighted by Gasteiger charge is -2.24. The van der Waals surface area contributed by atoms with E-state index in [0.717, 1.165) is 13.0 Å². The molecule has 1 aromatic heterocycles. The highest BCUT2D eigenvalue weighted by Crippen LogP contribution is 2.42. The van der Waals surface area contributed by atoms with Gasteiger partial charge in [-0.3, -0.25) is 4.79 Å². The molecule has 1 saturated heterocycles. The maximum Gasteiger partial charge on any atom is 0.241 e. The predicted octanol–water partition coefficient (Wildman–Crippen LogP) is -0.222. The van der Waals surface area contributed by atoms with Crippen molar-refractivity contribution in [3.8, 4) is 11.5 Å². The van der Waals surface area contributed by atoms with Crippen LogP contribution in [0.5, 0.6) is 11.5 Å². The fourth-order valence-electron chi connectivity index (χ4n) is 3.31. The topological polar surface area (TPSA) is 94.1 Å². The summed E-state index contributed by atoms with van der Waals surface area (Å²) in [7, 11) is 1.90. The number of rotatable bonds is 2. The molecule has 7 heteroatoms. The molecule has 0 amide bonds. The number of aliphatic hydroxyl groups excluding tert-OH is 1. The van der Waals surface area contributed by atoms with Gasteiger partial charge >= 0.3 is 0 Å². The largest absolute Gasteiger partial charge is 0.507 e. The lowest BCUT2D eigenvalue weighted by molar-refractivity contribution is 0.172. The monoisotopic (exact) mass is 317 g/mol. The van der Waals surface area contributed by atoms with Gasteiger partial charge in [-0.2, -0.15) is 0 Å². The Bertz CT molecular complexity index is 788. The molecule has 0 aliphatic carbocycles. The van der Waals surface area contributed by atoms with Gasteiger partial charge in [-0.05, 0) is 24.6 Å². The normalized spacial score (nSPS) is 22.5. The minimum atomic E-state index is -0.364. The average Bonchev–Trinajstić information content (AvgIpc) is 2.78. The Morgan fingerprint density at radius 3 is 2.77 bits per heavy atom. The lowest BCUT2D eigenvalue weighted by atomic mass is 9.89. The van der Waals surface area contributed by atoms with Gasteiger partial charge in [-0.15, -0.1) is 0 Å². The van der Waals surface area contributed by atoms with E-state index in [2.05, 4.69) is 16.3 Å². The van der Waals surface area contributed by atoms with Gasteiger partial charge in [0.1, 0.15) is 22.5 Å². The Hall–Kier alpha value is -1.52. The van der Waals surface area contributed by atoms with Crippen molar-refractivity contribution in [3.05, 3.63) is 27.9 Å². The van der Waals surface area contributed by atoms with E-state index in [9.17, 15) is 20.1 Å². The van der Waals surface area contributed by atoms with Gasteiger partial charge < -0.3 is 24.6 Å². The third kappa shape index (κ3) is 2.31. The van der Waals surface area contributed by atoms with Crippen LogP contribution < -0.4 is 10.1 Å². The Morgan fingerprint density at radius 2 is 2.09 bits per heavy atom. The van der Waals surface area contributed by atoms with Crippen molar-refractivity contribution in [3.63, 3.8) is 0 Å². The fourth-order valence-corrected chi connectivity index (χ4v) is 3.58. The second-order valence-electron chi connectivity index (χ2n) is 5.67. The van der Waals surface area contributed by atoms with E-state index >= 15 is 0 Å². The highest BCUT2D eigenvalue weighted by Gasteiger charge is 2.36. The van der Waals surface area contributed by atoms with E-state index < -0.39 is 0 Å². The molecule has 0 saturated carbocycles. The van der Waals surface area contributed by atoms with Crippen molar-refractivity contribution in [2.75, 3.05) is 20.2 Å². The Balaban J connectivity index is 2.32. The number of hydrogen-bond acceptors (Lipinski definition) is 6. The predicted molar refractivity (Wildman–Crippen MR) is 82.1 cm³/mol. The standard InChI is InChI=1S/C15H16NO5.Al/c1-16-4-2-8(9(16)7-17)13-11(19)6-12(20)14-10(18)3-5-21-15(13)14;/h3,6,8-9,17,19-20H,2,4,7H2,1H3;/t8-,9+;/m1./s1. The van der Waals surface area contributed by atoms with Crippen LogP contribution in [-0.4, -0.2) is 62.8 Å². The van der Waals surface area contributed by atoms with Crippen LogP contribution in [-0.2, 0) is 0 Å². The van der Waals surface area contributed by atoms with Crippen LogP contribution in [0, 0.1) is 0 Å². The Morgan fingerprint density at radius 1 is 1.36 bits per heavy atom. The second kappa shape index (κ2) is 5.60. The van der Waals surface area contributed by atoms with E-state index in [-0.39, 0.29) is 46.5 Å². The molecule has 3 N–H and O–H groups in total. The maximum atomic E-state index is 12.1. The summed E-state index contributed by atoms with van der Waals surface area (Å²) in [5.74, 6) is -0.600. The zero-order valence-corrected chi connectivity index (χ0v) is 13.3. The zero-order chi connectivity index (χ0) is 16.0. The molecular formula is C15H16AlNO5. The number of hydrogen-bond donors (Lipinski definition) is 3. The molecule has 2 heterocycles. The number of aromatic hydroxyl groups is 2.